The van der Waals surface area contributed by atoms with Crippen LogP contribution in [0.2, 0.25) is 0 Å². The van der Waals surface area contributed by atoms with Gasteiger partial charge in [-0.3, -0.25) is 9.78 Å². The molecular weight excluding hydrogens is 382 g/mol. The van der Waals surface area contributed by atoms with E-state index in [0.29, 0.717) is 55.7 Å². The minimum absolute atomic E-state index is 0.149. The van der Waals surface area contributed by atoms with Gasteiger partial charge in [0.15, 0.2) is 23.1 Å². The fourth-order valence-electron chi connectivity index (χ4n) is 2.69. The molecule has 156 valence electrons. The summed E-state index contributed by atoms with van der Waals surface area (Å²) in [4.78, 5) is 20.5. The van der Waals surface area contributed by atoms with Gasteiger partial charge >= 0.3 is 0 Å². The fourth-order valence-corrected chi connectivity index (χ4v) is 2.69. The predicted octanol–water partition coefficient (Wildman–Crippen LogP) is 4.25. The van der Waals surface area contributed by atoms with E-state index in [2.05, 4.69) is 15.3 Å². The fraction of sp³-hybridized carbons (Fsp3) is 0.261. The maximum atomic E-state index is 12.3. The summed E-state index contributed by atoms with van der Waals surface area (Å²) >= 11 is 0. The van der Waals surface area contributed by atoms with Crippen LogP contribution in [0.1, 0.15) is 25.3 Å². The van der Waals surface area contributed by atoms with E-state index in [-0.39, 0.29) is 5.91 Å². The first kappa shape index (κ1) is 21.1. The number of carbonyl (C=O) groups is 1. The third-order valence-corrected chi connectivity index (χ3v) is 4.13. The number of carbonyl (C=O) groups excluding carboxylic acids is 1. The average Bonchev–Trinajstić information content (AvgIpc) is 2.78. The van der Waals surface area contributed by atoms with Crippen molar-refractivity contribution in [3.05, 3.63) is 72.7 Å². The third kappa shape index (κ3) is 6.48. The molecule has 2 heterocycles. The highest BCUT2D eigenvalue weighted by molar-refractivity contribution is 5.91. The van der Waals surface area contributed by atoms with Crippen molar-refractivity contribution >= 4 is 11.7 Å². The van der Waals surface area contributed by atoms with Crippen LogP contribution in [0.3, 0.4) is 0 Å². The molecule has 30 heavy (non-hydrogen) atoms. The van der Waals surface area contributed by atoms with Crippen molar-refractivity contribution in [1.29, 1.82) is 0 Å². The molecule has 0 bridgehead atoms. The molecule has 7 heteroatoms. The molecule has 0 spiro atoms. The highest BCUT2D eigenvalue weighted by atomic mass is 16.5. The van der Waals surface area contributed by atoms with Crippen LogP contribution in [0.4, 0.5) is 5.82 Å². The summed E-state index contributed by atoms with van der Waals surface area (Å²) in [7, 11) is 0. The van der Waals surface area contributed by atoms with Gasteiger partial charge in [-0.25, -0.2) is 4.98 Å². The van der Waals surface area contributed by atoms with Crippen LogP contribution in [0.15, 0.2) is 67.1 Å². The van der Waals surface area contributed by atoms with Crippen LogP contribution in [0, 0.1) is 0 Å². The molecule has 2 aromatic heterocycles. The Morgan fingerprint density at radius 3 is 2.40 bits per heavy atom. The molecule has 0 fully saturated rings. The molecule has 0 radical (unpaired) electrons. The summed E-state index contributed by atoms with van der Waals surface area (Å²) in [6, 6.07) is 14.8. The molecule has 3 aromatic rings. The lowest BCUT2D eigenvalue weighted by atomic mass is 10.3. The zero-order valence-electron chi connectivity index (χ0n) is 16.9. The van der Waals surface area contributed by atoms with Gasteiger partial charge in [0, 0.05) is 25.0 Å². The lowest BCUT2D eigenvalue weighted by molar-refractivity contribution is -0.116. The predicted molar refractivity (Wildman–Crippen MR) is 114 cm³/mol. The van der Waals surface area contributed by atoms with Crippen molar-refractivity contribution in [3.8, 4) is 17.2 Å². The number of anilines is 1. The van der Waals surface area contributed by atoms with E-state index in [0.717, 1.165) is 5.56 Å². The van der Waals surface area contributed by atoms with Gasteiger partial charge < -0.3 is 19.5 Å². The van der Waals surface area contributed by atoms with Crippen LogP contribution in [0.25, 0.3) is 0 Å². The normalized spacial score (nSPS) is 10.3. The van der Waals surface area contributed by atoms with Gasteiger partial charge in [-0.05, 0) is 55.3 Å². The highest BCUT2D eigenvalue weighted by Gasteiger charge is 2.10. The maximum absolute atomic E-state index is 12.3. The first-order valence-electron chi connectivity index (χ1n) is 9.87. The van der Waals surface area contributed by atoms with Crippen LogP contribution < -0.4 is 19.5 Å². The van der Waals surface area contributed by atoms with Crippen molar-refractivity contribution in [2.24, 2.45) is 0 Å². The number of hydrogen-bond acceptors (Lipinski definition) is 6. The molecule has 0 unspecified atom stereocenters. The van der Waals surface area contributed by atoms with Crippen molar-refractivity contribution < 1.29 is 19.0 Å². The van der Waals surface area contributed by atoms with Gasteiger partial charge in [0.05, 0.1) is 13.2 Å². The number of rotatable bonds is 11. The quantitative estimate of drug-likeness (QED) is 0.479. The molecule has 1 aromatic carbocycles. The van der Waals surface area contributed by atoms with E-state index < -0.39 is 0 Å². The van der Waals surface area contributed by atoms with Crippen LogP contribution in [-0.4, -0.2) is 29.1 Å². The van der Waals surface area contributed by atoms with E-state index in [1.807, 2.05) is 43.3 Å². The van der Waals surface area contributed by atoms with Crippen LogP contribution in [0.5, 0.6) is 17.2 Å². The second-order valence-electron chi connectivity index (χ2n) is 6.37. The van der Waals surface area contributed by atoms with Crippen molar-refractivity contribution in [1.82, 2.24) is 9.97 Å². The Kier molecular flexibility index (Phi) is 8.02. The monoisotopic (exact) mass is 407 g/mol. The summed E-state index contributed by atoms with van der Waals surface area (Å²) in [6.07, 6.45) is 5.89. The highest BCUT2D eigenvalue weighted by Crippen LogP contribution is 2.26. The second kappa shape index (κ2) is 11.4. The average molecular weight is 407 g/mol. The molecular formula is C23H25N3O4. The largest absolute Gasteiger partial charge is 0.490 e. The van der Waals surface area contributed by atoms with Gasteiger partial charge in [-0.2, -0.15) is 0 Å². The number of ether oxygens (including phenoxy) is 3. The first-order chi connectivity index (χ1) is 14.8. The standard InChI is InChI=1S/C23H25N3O4/c1-2-28-19-7-3-4-8-20(19)29-16-6-10-22(27)26-23-21(9-5-13-25-23)30-17-18-11-14-24-15-12-18/h3-5,7-9,11-15H,2,6,10,16-17H2,1H3,(H,25,26,27). The number of hydrogen-bond donors (Lipinski definition) is 1. The van der Waals surface area contributed by atoms with E-state index in [4.69, 9.17) is 14.2 Å². The minimum Gasteiger partial charge on any atom is -0.490 e. The zero-order chi connectivity index (χ0) is 21.0. The van der Waals surface area contributed by atoms with Gasteiger partial charge in [0.1, 0.15) is 6.61 Å². The van der Waals surface area contributed by atoms with E-state index in [1.165, 1.54) is 0 Å². The van der Waals surface area contributed by atoms with Crippen molar-refractivity contribution in [2.75, 3.05) is 18.5 Å². The Hall–Kier alpha value is -3.61. The summed E-state index contributed by atoms with van der Waals surface area (Å²) in [5.74, 6) is 2.15. The molecule has 0 aliphatic rings. The van der Waals surface area contributed by atoms with Crippen molar-refractivity contribution in [2.45, 2.75) is 26.4 Å². The minimum atomic E-state index is -0.149. The Morgan fingerprint density at radius 1 is 0.900 bits per heavy atom. The molecule has 0 aliphatic heterocycles. The van der Waals surface area contributed by atoms with Crippen molar-refractivity contribution in [3.63, 3.8) is 0 Å². The molecule has 1 N–H and O–H groups in total. The Bertz CT molecular complexity index is 934. The van der Waals surface area contributed by atoms with Gasteiger partial charge in [0.2, 0.25) is 5.91 Å². The lowest BCUT2D eigenvalue weighted by Crippen LogP contribution is -2.15. The zero-order valence-corrected chi connectivity index (χ0v) is 16.9. The Balaban J connectivity index is 1.46. The van der Waals surface area contributed by atoms with E-state index in [9.17, 15) is 4.79 Å². The van der Waals surface area contributed by atoms with Gasteiger partial charge in [-0.15, -0.1) is 0 Å². The van der Waals surface area contributed by atoms with Gasteiger partial charge in [-0.1, -0.05) is 12.1 Å². The summed E-state index contributed by atoms with van der Waals surface area (Å²) in [5, 5.41) is 2.81. The lowest BCUT2D eigenvalue weighted by Gasteiger charge is -2.12. The molecule has 7 nitrogen and oxygen atoms in total. The topological polar surface area (TPSA) is 82.6 Å². The number of nitrogens with one attached hydrogen (secondary N) is 1. The summed E-state index contributed by atoms with van der Waals surface area (Å²) < 4.78 is 17.1. The molecule has 1 amide bonds. The molecule has 3 rings (SSSR count). The third-order valence-electron chi connectivity index (χ3n) is 4.13. The van der Waals surface area contributed by atoms with E-state index >= 15 is 0 Å². The Morgan fingerprint density at radius 2 is 1.63 bits per heavy atom. The molecule has 0 atom stereocenters. The molecule has 0 saturated heterocycles. The molecule has 0 saturated carbocycles. The summed E-state index contributed by atoms with van der Waals surface area (Å²) in [5.41, 5.74) is 0.982. The van der Waals surface area contributed by atoms with Gasteiger partial charge in [0.25, 0.3) is 0 Å². The smallest absolute Gasteiger partial charge is 0.225 e. The van der Waals surface area contributed by atoms with Crippen LogP contribution in [-0.2, 0) is 11.4 Å². The number of aromatic nitrogens is 2. The number of para-hydroxylation sites is 2. The maximum Gasteiger partial charge on any atom is 0.225 e. The molecule has 0 aliphatic carbocycles. The number of pyridine rings is 2. The SMILES string of the molecule is CCOc1ccccc1OCCCC(=O)Nc1ncccc1OCc1ccncc1. The second-order valence-corrected chi connectivity index (χ2v) is 6.37. The van der Waals surface area contributed by atoms with E-state index in [1.54, 1.807) is 30.7 Å². The first-order valence-corrected chi connectivity index (χ1v) is 9.87. The van der Waals surface area contributed by atoms with Crippen LogP contribution >= 0.6 is 0 Å². The number of benzene rings is 1. The number of amides is 1. The number of nitrogens with zero attached hydrogens (tertiary/aromatic N) is 2. The Labute approximate surface area is 176 Å². The summed E-state index contributed by atoms with van der Waals surface area (Å²) in [6.45, 7) is 3.27.